The SMILES string of the molecule is O=C(Nc1ccc(S(=O)(=O)Nc2ncccn2)cc1)C1CCN(S(=O)(=O)c2cccs2)CC1. The molecule has 1 amide bonds. The lowest BCUT2D eigenvalue weighted by Gasteiger charge is -2.30. The van der Waals surface area contributed by atoms with Crippen molar-refractivity contribution in [1.29, 1.82) is 0 Å². The number of carbonyl (C=O) groups is 1. The van der Waals surface area contributed by atoms with Crippen molar-refractivity contribution in [2.24, 2.45) is 5.92 Å². The third kappa shape index (κ3) is 5.38. The molecule has 0 saturated carbocycles. The van der Waals surface area contributed by atoms with Crippen LogP contribution in [0, 0.1) is 5.92 Å². The monoisotopic (exact) mass is 507 g/mol. The summed E-state index contributed by atoms with van der Waals surface area (Å²) < 4.78 is 54.1. The van der Waals surface area contributed by atoms with Crippen LogP contribution in [0.1, 0.15) is 12.8 Å². The second-order valence-electron chi connectivity index (χ2n) is 7.30. The molecular weight excluding hydrogens is 486 g/mol. The van der Waals surface area contributed by atoms with Gasteiger partial charge in [0.1, 0.15) is 4.21 Å². The topological polar surface area (TPSA) is 138 Å². The molecule has 0 atom stereocenters. The summed E-state index contributed by atoms with van der Waals surface area (Å²) in [5, 5.41) is 4.49. The van der Waals surface area contributed by atoms with Crippen molar-refractivity contribution in [2.75, 3.05) is 23.1 Å². The fourth-order valence-corrected chi connectivity index (χ4v) is 6.96. The van der Waals surface area contributed by atoms with E-state index >= 15 is 0 Å². The van der Waals surface area contributed by atoms with Crippen molar-refractivity contribution >= 4 is 48.9 Å². The third-order valence-electron chi connectivity index (χ3n) is 5.14. The first-order chi connectivity index (χ1) is 15.8. The summed E-state index contributed by atoms with van der Waals surface area (Å²) in [6.07, 6.45) is 3.66. The summed E-state index contributed by atoms with van der Waals surface area (Å²) in [4.78, 5) is 20.3. The second-order valence-corrected chi connectivity index (χ2v) is 12.1. The molecule has 0 unspecified atom stereocenters. The van der Waals surface area contributed by atoms with E-state index in [4.69, 9.17) is 0 Å². The Morgan fingerprint density at radius 1 is 0.970 bits per heavy atom. The molecule has 1 fully saturated rings. The molecule has 3 heterocycles. The molecule has 10 nitrogen and oxygen atoms in total. The Hall–Kier alpha value is -2.87. The van der Waals surface area contributed by atoms with Gasteiger partial charge in [-0.2, -0.15) is 4.31 Å². The minimum atomic E-state index is -3.87. The summed E-state index contributed by atoms with van der Waals surface area (Å²) in [6, 6.07) is 10.6. The van der Waals surface area contributed by atoms with E-state index in [1.807, 2.05) is 0 Å². The first-order valence-electron chi connectivity index (χ1n) is 10.0. The van der Waals surface area contributed by atoms with Gasteiger partial charge >= 0.3 is 0 Å². The van der Waals surface area contributed by atoms with Crippen LogP contribution in [0.3, 0.4) is 0 Å². The minimum absolute atomic E-state index is 0.0000407. The maximum absolute atomic E-state index is 12.7. The molecule has 3 aromatic rings. The van der Waals surface area contributed by atoms with Crippen molar-refractivity contribution < 1.29 is 21.6 Å². The predicted octanol–water partition coefficient (Wildman–Crippen LogP) is 2.38. The van der Waals surface area contributed by atoms with Gasteiger partial charge in [0.05, 0.1) is 4.90 Å². The van der Waals surface area contributed by atoms with Crippen LogP contribution in [-0.4, -0.2) is 50.1 Å². The fraction of sp³-hybridized carbons (Fsp3) is 0.250. The number of rotatable bonds is 7. The van der Waals surface area contributed by atoms with Crippen LogP contribution in [0.2, 0.25) is 0 Å². The van der Waals surface area contributed by atoms with E-state index in [9.17, 15) is 21.6 Å². The lowest BCUT2D eigenvalue weighted by molar-refractivity contribution is -0.120. The highest BCUT2D eigenvalue weighted by Crippen LogP contribution is 2.27. The summed E-state index contributed by atoms with van der Waals surface area (Å²) in [6.45, 7) is 0.533. The van der Waals surface area contributed by atoms with Gasteiger partial charge in [-0.15, -0.1) is 11.3 Å². The molecule has 4 rings (SSSR count). The maximum Gasteiger partial charge on any atom is 0.264 e. The van der Waals surface area contributed by atoms with Crippen molar-refractivity contribution in [3.63, 3.8) is 0 Å². The molecule has 0 spiro atoms. The van der Waals surface area contributed by atoms with E-state index in [0.29, 0.717) is 22.7 Å². The highest BCUT2D eigenvalue weighted by Gasteiger charge is 2.32. The summed E-state index contributed by atoms with van der Waals surface area (Å²) >= 11 is 1.17. The number of amides is 1. The van der Waals surface area contributed by atoms with Gasteiger partial charge in [-0.25, -0.2) is 31.5 Å². The molecule has 0 radical (unpaired) electrons. The van der Waals surface area contributed by atoms with E-state index in [-0.39, 0.29) is 35.8 Å². The number of carbonyl (C=O) groups excluding carboxylic acids is 1. The van der Waals surface area contributed by atoms with Gasteiger partial charge in [-0.05, 0) is 54.6 Å². The number of nitrogens with one attached hydrogen (secondary N) is 2. The quantitative estimate of drug-likeness (QED) is 0.501. The number of piperidine rings is 1. The molecule has 33 heavy (non-hydrogen) atoms. The van der Waals surface area contributed by atoms with E-state index in [1.165, 1.54) is 52.3 Å². The fourth-order valence-electron chi connectivity index (χ4n) is 3.39. The summed E-state index contributed by atoms with van der Waals surface area (Å²) in [5.41, 5.74) is 0.448. The lowest BCUT2D eigenvalue weighted by atomic mass is 9.97. The number of anilines is 2. The van der Waals surface area contributed by atoms with Gasteiger partial charge in [-0.1, -0.05) is 6.07 Å². The molecule has 1 aliphatic heterocycles. The van der Waals surface area contributed by atoms with Gasteiger partial charge in [0, 0.05) is 37.1 Å². The first kappa shape index (κ1) is 23.3. The number of thiophene rings is 1. The van der Waals surface area contributed by atoms with Crippen LogP contribution in [0.4, 0.5) is 11.6 Å². The molecular formula is C20H21N5O5S3. The average Bonchev–Trinajstić information content (AvgIpc) is 3.36. The summed E-state index contributed by atoms with van der Waals surface area (Å²) in [7, 11) is -7.39. The molecule has 0 bridgehead atoms. The van der Waals surface area contributed by atoms with Crippen molar-refractivity contribution in [3.8, 4) is 0 Å². The molecule has 174 valence electrons. The Morgan fingerprint density at radius 3 is 2.24 bits per heavy atom. The highest BCUT2D eigenvalue weighted by molar-refractivity contribution is 7.92. The van der Waals surface area contributed by atoms with Crippen LogP contribution >= 0.6 is 11.3 Å². The first-order valence-corrected chi connectivity index (χ1v) is 13.8. The predicted molar refractivity (Wildman–Crippen MR) is 124 cm³/mol. The van der Waals surface area contributed by atoms with Gasteiger partial charge in [0.15, 0.2) is 0 Å². The molecule has 0 aliphatic carbocycles. The van der Waals surface area contributed by atoms with Crippen molar-refractivity contribution in [2.45, 2.75) is 21.9 Å². The van der Waals surface area contributed by atoms with E-state index < -0.39 is 20.0 Å². The van der Waals surface area contributed by atoms with E-state index in [0.717, 1.165) is 0 Å². The lowest BCUT2D eigenvalue weighted by Crippen LogP contribution is -2.41. The number of benzene rings is 1. The van der Waals surface area contributed by atoms with Crippen LogP contribution in [0.25, 0.3) is 0 Å². The normalized spacial score (nSPS) is 15.8. The van der Waals surface area contributed by atoms with Crippen LogP contribution < -0.4 is 10.0 Å². The number of nitrogens with zero attached hydrogens (tertiary/aromatic N) is 3. The van der Waals surface area contributed by atoms with Gasteiger partial charge in [0.2, 0.25) is 11.9 Å². The van der Waals surface area contributed by atoms with E-state index in [1.54, 1.807) is 23.6 Å². The Bertz CT molecular complexity index is 1300. The summed E-state index contributed by atoms with van der Waals surface area (Å²) in [5.74, 6) is -0.600. The number of sulfonamides is 2. The zero-order valence-corrected chi connectivity index (χ0v) is 19.7. The molecule has 1 aliphatic rings. The molecule has 13 heteroatoms. The smallest absolute Gasteiger partial charge is 0.264 e. The van der Waals surface area contributed by atoms with Crippen LogP contribution in [0.15, 0.2) is 69.3 Å². The van der Waals surface area contributed by atoms with Gasteiger partial charge in [0.25, 0.3) is 20.0 Å². The Kier molecular flexibility index (Phi) is 6.74. The van der Waals surface area contributed by atoms with E-state index in [2.05, 4.69) is 20.0 Å². The third-order valence-corrected chi connectivity index (χ3v) is 9.75. The minimum Gasteiger partial charge on any atom is -0.326 e. The Morgan fingerprint density at radius 2 is 1.64 bits per heavy atom. The number of hydrogen-bond donors (Lipinski definition) is 2. The zero-order valence-electron chi connectivity index (χ0n) is 17.3. The largest absolute Gasteiger partial charge is 0.326 e. The van der Waals surface area contributed by atoms with Gasteiger partial charge in [-0.3, -0.25) is 4.79 Å². The molecule has 1 saturated heterocycles. The zero-order chi connectivity index (χ0) is 23.5. The number of aromatic nitrogens is 2. The highest BCUT2D eigenvalue weighted by atomic mass is 32.2. The van der Waals surface area contributed by atoms with Crippen LogP contribution in [0.5, 0.6) is 0 Å². The van der Waals surface area contributed by atoms with Crippen LogP contribution in [-0.2, 0) is 24.8 Å². The van der Waals surface area contributed by atoms with Gasteiger partial charge < -0.3 is 5.32 Å². The average molecular weight is 508 g/mol. The second kappa shape index (κ2) is 9.55. The van der Waals surface area contributed by atoms with Crippen molar-refractivity contribution in [1.82, 2.24) is 14.3 Å². The Labute approximate surface area is 195 Å². The molecule has 1 aromatic carbocycles. The molecule has 2 N–H and O–H groups in total. The van der Waals surface area contributed by atoms with Crippen molar-refractivity contribution in [3.05, 3.63) is 60.2 Å². The number of hydrogen-bond acceptors (Lipinski definition) is 8. The standard InChI is InChI=1S/C20H21N5O5S3/c26-19(15-8-12-25(13-9-15)33(29,30)18-3-1-14-31-18)23-16-4-6-17(7-5-16)32(27,28)24-20-21-10-2-11-22-20/h1-7,10-11,14-15H,8-9,12-13H2,(H,23,26)(H,21,22,24). The maximum atomic E-state index is 12.7. The Balaban J connectivity index is 1.34. The molecule has 2 aromatic heterocycles.